The molecule has 1 saturated heterocycles. The van der Waals surface area contributed by atoms with Crippen LogP contribution in [0.1, 0.15) is 42.1 Å². The molecule has 2 aliphatic rings. The van der Waals surface area contributed by atoms with Crippen molar-refractivity contribution in [3.05, 3.63) is 75.8 Å². The SMILES string of the molecule is Cn1c(=O)n(C2CCN(CCCn3nc(-c4ccc(C(F)(F)F)cc4)c4c3CCN(S(=O)(=O)O)C4)CC2)c2ccccc21. The number of benzene rings is 2. The maximum atomic E-state index is 13.1. The highest BCUT2D eigenvalue weighted by molar-refractivity contribution is 7.83. The van der Waals surface area contributed by atoms with Crippen molar-refractivity contribution < 1.29 is 26.1 Å². The lowest BCUT2D eigenvalue weighted by molar-refractivity contribution is -0.137. The number of nitrogens with zero attached hydrogens (tertiary/aromatic N) is 6. The molecule has 4 heterocycles. The second-order valence-electron chi connectivity index (χ2n) is 11.3. The Kier molecular flexibility index (Phi) is 7.73. The van der Waals surface area contributed by atoms with Crippen LogP contribution in [0.2, 0.25) is 0 Å². The molecule has 43 heavy (non-hydrogen) atoms. The normalized spacial score (nSPS) is 17.5. The van der Waals surface area contributed by atoms with Crippen molar-refractivity contribution in [1.29, 1.82) is 0 Å². The summed E-state index contributed by atoms with van der Waals surface area (Å²) in [7, 11) is -2.64. The summed E-state index contributed by atoms with van der Waals surface area (Å²) < 4.78 is 79.1. The van der Waals surface area contributed by atoms with Crippen LogP contribution in [-0.4, -0.2) is 67.3 Å². The van der Waals surface area contributed by atoms with Crippen molar-refractivity contribution in [3.8, 4) is 11.3 Å². The van der Waals surface area contributed by atoms with Crippen LogP contribution < -0.4 is 5.69 Å². The van der Waals surface area contributed by atoms with E-state index in [2.05, 4.69) is 4.90 Å². The number of halogens is 3. The van der Waals surface area contributed by atoms with Crippen LogP contribution in [0.3, 0.4) is 0 Å². The van der Waals surface area contributed by atoms with Gasteiger partial charge in [0.05, 0.1) is 22.3 Å². The molecule has 0 saturated carbocycles. The number of para-hydroxylation sites is 2. The van der Waals surface area contributed by atoms with Crippen LogP contribution in [0.15, 0.2) is 53.3 Å². The monoisotopic (exact) mass is 618 g/mol. The van der Waals surface area contributed by atoms with Crippen molar-refractivity contribution >= 4 is 21.3 Å². The number of piperidine rings is 1. The predicted molar refractivity (Wildman–Crippen MR) is 155 cm³/mol. The topological polar surface area (TPSA) is 106 Å². The highest BCUT2D eigenvalue weighted by Crippen LogP contribution is 2.34. The summed E-state index contributed by atoms with van der Waals surface area (Å²) >= 11 is 0. The smallest absolute Gasteiger partial charge is 0.303 e. The van der Waals surface area contributed by atoms with Gasteiger partial charge in [-0.05, 0) is 50.1 Å². The summed E-state index contributed by atoms with van der Waals surface area (Å²) in [6.07, 6.45) is -1.67. The van der Waals surface area contributed by atoms with E-state index in [4.69, 9.17) is 5.10 Å². The molecular formula is C29H33F3N6O4S. The van der Waals surface area contributed by atoms with Gasteiger partial charge in [0.1, 0.15) is 0 Å². The van der Waals surface area contributed by atoms with E-state index in [1.807, 2.05) is 33.5 Å². The van der Waals surface area contributed by atoms with E-state index in [1.54, 1.807) is 11.6 Å². The first-order valence-corrected chi connectivity index (χ1v) is 15.7. The fourth-order valence-corrected chi connectivity index (χ4v) is 7.03. The van der Waals surface area contributed by atoms with Gasteiger partial charge in [-0.3, -0.25) is 18.4 Å². The number of aromatic nitrogens is 4. The molecule has 2 aromatic carbocycles. The number of imidazole rings is 1. The van der Waals surface area contributed by atoms with E-state index in [-0.39, 0.29) is 24.8 Å². The Morgan fingerprint density at radius 3 is 2.30 bits per heavy atom. The lowest BCUT2D eigenvalue weighted by Gasteiger charge is -2.32. The minimum absolute atomic E-state index is 0.000445. The lowest BCUT2D eigenvalue weighted by Crippen LogP contribution is -2.38. The Hall–Kier alpha value is -3.46. The molecule has 2 aromatic heterocycles. The highest BCUT2D eigenvalue weighted by atomic mass is 32.2. The van der Waals surface area contributed by atoms with Gasteiger partial charge >= 0.3 is 22.2 Å². The molecule has 10 nitrogen and oxygen atoms in total. The van der Waals surface area contributed by atoms with Crippen LogP contribution in [0.25, 0.3) is 22.3 Å². The summed E-state index contributed by atoms with van der Waals surface area (Å²) in [6.45, 7) is 3.03. The largest absolute Gasteiger partial charge is 0.416 e. The van der Waals surface area contributed by atoms with Crippen molar-refractivity contribution in [2.45, 2.75) is 51.0 Å². The summed E-state index contributed by atoms with van der Waals surface area (Å²) in [5.74, 6) is 0. The molecule has 0 bridgehead atoms. The molecule has 0 atom stereocenters. The van der Waals surface area contributed by atoms with Crippen molar-refractivity contribution in [2.24, 2.45) is 7.05 Å². The molecule has 1 N–H and O–H groups in total. The Bertz CT molecular complexity index is 1800. The third kappa shape index (κ3) is 5.76. The number of hydrogen-bond donors (Lipinski definition) is 1. The van der Waals surface area contributed by atoms with Gasteiger partial charge in [-0.25, -0.2) is 4.79 Å². The molecule has 0 amide bonds. The Morgan fingerprint density at radius 2 is 1.65 bits per heavy atom. The van der Waals surface area contributed by atoms with Gasteiger partial charge in [0.2, 0.25) is 0 Å². The molecule has 0 radical (unpaired) electrons. The van der Waals surface area contributed by atoms with Crippen molar-refractivity contribution in [2.75, 3.05) is 26.2 Å². The van der Waals surface area contributed by atoms with Gasteiger partial charge in [0.15, 0.2) is 0 Å². The molecule has 0 aliphatic carbocycles. The predicted octanol–water partition coefficient (Wildman–Crippen LogP) is 4.11. The summed E-state index contributed by atoms with van der Waals surface area (Å²) in [5, 5.41) is 4.72. The molecular weight excluding hydrogens is 585 g/mol. The van der Waals surface area contributed by atoms with Crippen LogP contribution in [-0.2, 0) is 43.0 Å². The van der Waals surface area contributed by atoms with E-state index in [0.717, 1.165) is 72.1 Å². The highest BCUT2D eigenvalue weighted by Gasteiger charge is 2.33. The van der Waals surface area contributed by atoms with Crippen LogP contribution in [0, 0.1) is 0 Å². The number of alkyl halides is 3. The lowest BCUT2D eigenvalue weighted by atomic mass is 10.0. The zero-order valence-electron chi connectivity index (χ0n) is 23.7. The average molecular weight is 619 g/mol. The Morgan fingerprint density at radius 1 is 0.977 bits per heavy atom. The molecule has 4 aromatic rings. The van der Waals surface area contributed by atoms with E-state index in [9.17, 15) is 30.9 Å². The zero-order valence-corrected chi connectivity index (χ0v) is 24.5. The van der Waals surface area contributed by atoms with Gasteiger partial charge in [-0.1, -0.05) is 24.3 Å². The molecule has 14 heteroatoms. The minimum Gasteiger partial charge on any atom is -0.303 e. The number of fused-ring (bicyclic) bond motifs is 2. The standard InChI is InChI=1S/C29H33F3N6O4S/c1-34-25-5-2-3-6-26(25)38(28(34)39)22-11-16-35(17-12-22)14-4-15-37-24-13-18-36(43(40,41)42)19-23(24)27(33-37)20-7-9-21(10-8-20)29(30,31)32/h2-3,5-10,22H,4,11-19H2,1H3,(H,40,41,42). The first kappa shape index (κ1) is 29.6. The Labute approximate surface area is 246 Å². The average Bonchev–Trinajstić information content (AvgIpc) is 3.47. The van der Waals surface area contributed by atoms with Crippen LogP contribution >= 0.6 is 0 Å². The number of hydrogen-bond acceptors (Lipinski definition) is 5. The maximum Gasteiger partial charge on any atom is 0.416 e. The van der Waals surface area contributed by atoms with Gasteiger partial charge in [0, 0.05) is 69.1 Å². The third-order valence-electron chi connectivity index (χ3n) is 8.67. The summed E-state index contributed by atoms with van der Waals surface area (Å²) in [4.78, 5) is 15.3. The molecule has 230 valence electrons. The third-order valence-corrected chi connectivity index (χ3v) is 9.64. The molecule has 1 fully saturated rings. The molecule has 2 aliphatic heterocycles. The van der Waals surface area contributed by atoms with E-state index in [1.165, 1.54) is 12.1 Å². The number of aryl methyl sites for hydroxylation is 2. The van der Waals surface area contributed by atoms with Gasteiger partial charge in [0.25, 0.3) is 0 Å². The van der Waals surface area contributed by atoms with E-state index < -0.39 is 22.0 Å². The zero-order chi connectivity index (χ0) is 30.5. The minimum atomic E-state index is -4.47. The fourth-order valence-electron chi connectivity index (χ4n) is 6.41. The number of rotatable bonds is 7. The van der Waals surface area contributed by atoms with Gasteiger partial charge < -0.3 is 4.90 Å². The second kappa shape index (κ2) is 11.2. The van der Waals surface area contributed by atoms with Crippen molar-refractivity contribution in [3.63, 3.8) is 0 Å². The quantitative estimate of drug-likeness (QED) is 0.313. The first-order valence-electron chi connectivity index (χ1n) is 14.3. The van der Waals surface area contributed by atoms with Gasteiger partial charge in [-0.2, -0.15) is 31.0 Å². The van der Waals surface area contributed by atoms with Crippen LogP contribution in [0.5, 0.6) is 0 Å². The molecule has 6 rings (SSSR count). The molecule has 0 unspecified atom stereocenters. The van der Waals surface area contributed by atoms with Crippen LogP contribution in [0.4, 0.5) is 13.2 Å². The second-order valence-corrected chi connectivity index (χ2v) is 12.7. The summed E-state index contributed by atoms with van der Waals surface area (Å²) in [5.41, 5.74) is 3.37. The van der Waals surface area contributed by atoms with Gasteiger partial charge in [-0.15, -0.1) is 0 Å². The van der Waals surface area contributed by atoms with E-state index >= 15 is 0 Å². The Balaban J connectivity index is 1.15. The first-order chi connectivity index (χ1) is 20.4. The number of likely N-dealkylation sites (tertiary alicyclic amines) is 1. The van der Waals surface area contributed by atoms with E-state index in [0.29, 0.717) is 29.8 Å². The molecule has 0 spiro atoms. The summed E-state index contributed by atoms with van der Waals surface area (Å²) in [6, 6.07) is 12.6. The maximum absolute atomic E-state index is 13.1. The van der Waals surface area contributed by atoms with Crippen molar-refractivity contribution in [1.82, 2.24) is 28.1 Å². The fraction of sp³-hybridized carbons (Fsp3) is 0.448.